The van der Waals surface area contributed by atoms with E-state index in [0.29, 0.717) is 31.2 Å². The topological polar surface area (TPSA) is 81.7 Å². The lowest BCUT2D eigenvalue weighted by molar-refractivity contribution is -0.140. The van der Waals surface area contributed by atoms with Crippen LogP contribution in [0.5, 0.6) is 11.5 Å². The Hall–Kier alpha value is -2.16. The molecule has 1 amide bonds. The summed E-state index contributed by atoms with van der Waals surface area (Å²) in [6.45, 7) is 2.64. The second kappa shape index (κ2) is 7.22. The van der Waals surface area contributed by atoms with E-state index in [4.69, 9.17) is 14.2 Å². The van der Waals surface area contributed by atoms with Crippen LogP contribution in [0.3, 0.4) is 0 Å². The Bertz CT molecular complexity index is 801. The van der Waals surface area contributed by atoms with E-state index in [2.05, 4.69) is 15.6 Å². The SMILES string of the molecule is COC1(C(=O)Nc2nc(-c3ccc4c(c3)OCCO4)cs2)CCNCC1. The summed E-state index contributed by atoms with van der Waals surface area (Å²) < 4.78 is 16.7. The third-order valence-corrected chi connectivity index (χ3v) is 5.54. The third-order valence-electron chi connectivity index (χ3n) is 4.78. The van der Waals surface area contributed by atoms with E-state index in [9.17, 15) is 4.79 Å². The fourth-order valence-corrected chi connectivity index (χ4v) is 3.95. The van der Waals surface area contributed by atoms with Crippen LogP contribution in [0.2, 0.25) is 0 Å². The predicted octanol–water partition coefficient (Wildman–Crippen LogP) is 2.29. The predicted molar refractivity (Wildman–Crippen MR) is 99.0 cm³/mol. The molecule has 2 N–H and O–H groups in total. The number of nitrogens with one attached hydrogen (secondary N) is 2. The van der Waals surface area contributed by atoms with Gasteiger partial charge in [0.25, 0.3) is 5.91 Å². The van der Waals surface area contributed by atoms with Crippen LogP contribution < -0.4 is 20.1 Å². The summed E-state index contributed by atoms with van der Waals surface area (Å²) in [4.78, 5) is 17.3. The number of hydrogen-bond donors (Lipinski definition) is 2. The molecular formula is C18H21N3O4S. The first-order valence-corrected chi connectivity index (χ1v) is 9.51. The lowest BCUT2D eigenvalue weighted by Gasteiger charge is -2.34. The van der Waals surface area contributed by atoms with Crippen molar-refractivity contribution in [2.24, 2.45) is 0 Å². The molecule has 26 heavy (non-hydrogen) atoms. The fourth-order valence-electron chi connectivity index (χ4n) is 3.23. The van der Waals surface area contributed by atoms with Crippen LogP contribution in [0.4, 0.5) is 5.13 Å². The summed E-state index contributed by atoms with van der Waals surface area (Å²) in [5.41, 5.74) is 0.932. The molecule has 0 radical (unpaired) electrons. The van der Waals surface area contributed by atoms with E-state index in [-0.39, 0.29) is 5.91 Å². The number of piperidine rings is 1. The largest absolute Gasteiger partial charge is 0.486 e. The van der Waals surface area contributed by atoms with Gasteiger partial charge in [-0.25, -0.2) is 4.98 Å². The van der Waals surface area contributed by atoms with Gasteiger partial charge in [-0.05, 0) is 44.1 Å². The van der Waals surface area contributed by atoms with Crippen molar-refractivity contribution in [3.05, 3.63) is 23.6 Å². The van der Waals surface area contributed by atoms with Crippen molar-refractivity contribution in [3.8, 4) is 22.8 Å². The van der Waals surface area contributed by atoms with Crippen LogP contribution in [0.1, 0.15) is 12.8 Å². The molecular weight excluding hydrogens is 354 g/mol. The van der Waals surface area contributed by atoms with E-state index >= 15 is 0 Å². The molecule has 1 aromatic carbocycles. The van der Waals surface area contributed by atoms with Gasteiger partial charge in [0.05, 0.1) is 5.69 Å². The number of nitrogens with zero attached hydrogens (tertiary/aromatic N) is 1. The molecule has 0 saturated carbocycles. The second-order valence-electron chi connectivity index (χ2n) is 6.30. The molecule has 2 aliphatic rings. The highest BCUT2D eigenvalue weighted by atomic mass is 32.1. The normalized spacial score (nSPS) is 18.3. The van der Waals surface area contributed by atoms with Gasteiger partial charge in [-0.3, -0.25) is 10.1 Å². The minimum Gasteiger partial charge on any atom is -0.486 e. The number of thiazole rings is 1. The molecule has 138 valence electrons. The van der Waals surface area contributed by atoms with E-state index in [0.717, 1.165) is 35.8 Å². The van der Waals surface area contributed by atoms with Crippen molar-refractivity contribution in [2.75, 3.05) is 38.7 Å². The maximum absolute atomic E-state index is 12.7. The molecule has 0 aliphatic carbocycles. The first-order chi connectivity index (χ1) is 12.7. The Morgan fingerprint density at radius 1 is 1.27 bits per heavy atom. The van der Waals surface area contributed by atoms with Crippen molar-refractivity contribution in [1.82, 2.24) is 10.3 Å². The van der Waals surface area contributed by atoms with E-state index in [1.807, 2.05) is 23.6 Å². The van der Waals surface area contributed by atoms with Crippen LogP contribution in [0.15, 0.2) is 23.6 Å². The second-order valence-corrected chi connectivity index (χ2v) is 7.16. The summed E-state index contributed by atoms with van der Waals surface area (Å²) in [5, 5.41) is 8.65. The number of hydrogen-bond acceptors (Lipinski definition) is 7. The number of amides is 1. The zero-order valence-electron chi connectivity index (χ0n) is 14.5. The van der Waals surface area contributed by atoms with Gasteiger partial charge < -0.3 is 19.5 Å². The molecule has 2 aromatic rings. The highest BCUT2D eigenvalue weighted by molar-refractivity contribution is 7.14. The van der Waals surface area contributed by atoms with Gasteiger partial charge in [0.1, 0.15) is 18.8 Å². The Kier molecular flexibility index (Phi) is 4.80. The third kappa shape index (κ3) is 3.27. The van der Waals surface area contributed by atoms with Crippen molar-refractivity contribution in [3.63, 3.8) is 0 Å². The first-order valence-electron chi connectivity index (χ1n) is 8.63. The van der Waals surface area contributed by atoms with Crippen LogP contribution in [-0.2, 0) is 9.53 Å². The number of carbonyl (C=O) groups is 1. The molecule has 0 spiro atoms. The van der Waals surface area contributed by atoms with Crippen LogP contribution in [0, 0.1) is 0 Å². The number of ether oxygens (including phenoxy) is 3. The van der Waals surface area contributed by atoms with Gasteiger partial charge in [-0.15, -0.1) is 11.3 Å². The first kappa shape index (κ1) is 17.3. The minimum atomic E-state index is -0.784. The molecule has 3 heterocycles. The zero-order valence-corrected chi connectivity index (χ0v) is 15.4. The molecule has 0 bridgehead atoms. The molecule has 1 fully saturated rings. The highest BCUT2D eigenvalue weighted by Crippen LogP contribution is 2.35. The molecule has 2 aliphatic heterocycles. The highest BCUT2D eigenvalue weighted by Gasteiger charge is 2.40. The lowest BCUT2D eigenvalue weighted by Crippen LogP contribution is -2.51. The Labute approximate surface area is 155 Å². The smallest absolute Gasteiger partial charge is 0.258 e. The van der Waals surface area contributed by atoms with Gasteiger partial charge in [0.15, 0.2) is 16.6 Å². The maximum Gasteiger partial charge on any atom is 0.258 e. The summed E-state index contributed by atoms with van der Waals surface area (Å²) in [6.07, 6.45) is 1.30. The average molecular weight is 375 g/mol. The van der Waals surface area contributed by atoms with Crippen LogP contribution in [-0.4, -0.2) is 49.9 Å². The molecule has 0 atom stereocenters. The van der Waals surface area contributed by atoms with Crippen LogP contribution in [0.25, 0.3) is 11.3 Å². The summed E-state index contributed by atoms with van der Waals surface area (Å²) in [5.74, 6) is 1.33. The standard InChI is InChI=1S/C18H21N3O4S/c1-23-18(4-6-19-7-5-18)16(22)21-17-20-13(11-26-17)12-2-3-14-15(10-12)25-9-8-24-14/h2-3,10-11,19H,4-9H2,1H3,(H,20,21,22). The molecule has 0 unspecified atom stereocenters. The Morgan fingerprint density at radius 2 is 2.04 bits per heavy atom. The Balaban J connectivity index is 1.50. The van der Waals surface area contributed by atoms with Gasteiger partial charge in [0, 0.05) is 18.1 Å². The summed E-state index contributed by atoms with van der Waals surface area (Å²) >= 11 is 1.40. The molecule has 1 saturated heterocycles. The number of aromatic nitrogens is 1. The van der Waals surface area contributed by atoms with Crippen molar-refractivity contribution in [1.29, 1.82) is 0 Å². The number of anilines is 1. The number of carbonyl (C=O) groups excluding carboxylic acids is 1. The lowest BCUT2D eigenvalue weighted by atomic mass is 9.91. The van der Waals surface area contributed by atoms with Gasteiger partial charge in [-0.2, -0.15) is 0 Å². The number of fused-ring (bicyclic) bond motifs is 1. The molecule has 1 aromatic heterocycles. The van der Waals surface area contributed by atoms with E-state index in [1.54, 1.807) is 7.11 Å². The minimum absolute atomic E-state index is 0.135. The number of methoxy groups -OCH3 is 1. The van der Waals surface area contributed by atoms with Crippen LogP contribution >= 0.6 is 11.3 Å². The zero-order chi connectivity index (χ0) is 18.0. The van der Waals surface area contributed by atoms with E-state index in [1.165, 1.54) is 11.3 Å². The van der Waals surface area contributed by atoms with E-state index < -0.39 is 5.60 Å². The molecule has 8 heteroatoms. The molecule has 4 rings (SSSR count). The van der Waals surface area contributed by atoms with Crippen molar-refractivity contribution in [2.45, 2.75) is 18.4 Å². The number of benzene rings is 1. The molecule has 7 nitrogen and oxygen atoms in total. The Morgan fingerprint density at radius 3 is 2.81 bits per heavy atom. The van der Waals surface area contributed by atoms with Gasteiger partial charge in [-0.1, -0.05) is 0 Å². The van der Waals surface area contributed by atoms with Gasteiger partial charge >= 0.3 is 0 Å². The van der Waals surface area contributed by atoms with Crippen molar-refractivity contribution < 1.29 is 19.0 Å². The summed E-state index contributed by atoms with van der Waals surface area (Å²) in [7, 11) is 1.59. The monoisotopic (exact) mass is 375 g/mol. The summed E-state index contributed by atoms with van der Waals surface area (Å²) in [6, 6.07) is 5.74. The maximum atomic E-state index is 12.7. The van der Waals surface area contributed by atoms with Gasteiger partial charge in [0.2, 0.25) is 0 Å². The fraction of sp³-hybridized carbons (Fsp3) is 0.444. The quantitative estimate of drug-likeness (QED) is 0.853. The van der Waals surface area contributed by atoms with Crippen molar-refractivity contribution >= 4 is 22.4 Å². The average Bonchev–Trinajstić information content (AvgIpc) is 3.16. The number of rotatable bonds is 4.